The van der Waals surface area contributed by atoms with Gasteiger partial charge in [0.05, 0.1) is 13.1 Å². The van der Waals surface area contributed by atoms with Gasteiger partial charge in [0.1, 0.15) is 17.6 Å². The highest BCUT2D eigenvalue weighted by atomic mass is 16.5. The Morgan fingerprint density at radius 3 is 2.83 bits per heavy atom. The molecular weight excluding hydrogens is 312 g/mol. The maximum Gasteiger partial charge on any atom is 0.328 e. The van der Waals surface area contributed by atoms with E-state index >= 15 is 0 Å². The number of fused-ring (bicyclic) bond motifs is 1. The third-order valence-electron chi connectivity index (χ3n) is 4.01. The number of carboxylic acid groups (broad SMARTS) is 1. The summed E-state index contributed by atoms with van der Waals surface area (Å²) in [5.41, 5.74) is 1.02. The fourth-order valence-electron chi connectivity index (χ4n) is 2.72. The molecule has 2 aromatic rings. The first-order valence-electron chi connectivity index (χ1n) is 7.56. The predicted octanol–water partition coefficient (Wildman–Crippen LogP) is 0.769. The summed E-state index contributed by atoms with van der Waals surface area (Å²) < 4.78 is 7.22. The molecular formula is C16H18N4O4. The standard InChI is InChI=1S/C16H18N4O4/c1-10-4-3-5-12(6-10)24-9-15(21)20-8-14-18-17-11(2)19(14)7-13(20)16(22)23/h3-6,13H,7-9H2,1-2H3,(H,22,23). The lowest BCUT2D eigenvalue weighted by Crippen LogP contribution is -2.52. The average Bonchev–Trinajstić information content (AvgIpc) is 2.92. The number of ether oxygens (including phenoxy) is 1. The molecule has 1 aliphatic rings. The fourth-order valence-corrected chi connectivity index (χ4v) is 2.72. The van der Waals surface area contributed by atoms with Gasteiger partial charge in [0.15, 0.2) is 12.4 Å². The quantitative estimate of drug-likeness (QED) is 0.889. The first-order chi connectivity index (χ1) is 11.5. The molecule has 8 heteroatoms. The number of carboxylic acids is 1. The number of nitrogens with zero attached hydrogens (tertiary/aromatic N) is 4. The molecule has 1 amide bonds. The van der Waals surface area contributed by atoms with E-state index in [0.717, 1.165) is 5.56 Å². The number of benzene rings is 1. The van der Waals surface area contributed by atoms with Crippen LogP contribution in [0.1, 0.15) is 17.2 Å². The molecule has 0 saturated carbocycles. The number of aromatic nitrogens is 3. The van der Waals surface area contributed by atoms with E-state index in [0.29, 0.717) is 17.4 Å². The van der Waals surface area contributed by atoms with Crippen molar-refractivity contribution in [3.63, 3.8) is 0 Å². The summed E-state index contributed by atoms with van der Waals surface area (Å²) in [7, 11) is 0. The van der Waals surface area contributed by atoms with Gasteiger partial charge in [-0.15, -0.1) is 10.2 Å². The number of aliphatic carboxylic acids is 1. The van der Waals surface area contributed by atoms with E-state index in [1.807, 2.05) is 25.1 Å². The summed E-state index contributed by atoms with van der Waals surface area (Å²) >= 11 is 0. The van der Waals surface area contributed by atoms with Crippen LogP contribution < -0.4 is 4.74 Å². The largest absolute Gasteiger partial charge is 0.484 e. The summed E-state index contributed by atoms with van der Waals surface area (Å²) in [5, 5.41) is 17.4. The van der Waals surface area contributed by atoms with E-state index < -0.39 is 17.9 Å². The Balaban J connectivity index is 1.74. The Hall–Kier alpha value is -2.90. The van der Waals surface area contributed by atoms with E-state index in [1.54, 1.807) is 17.6 Å². The predicted molar refractivity (Wildman–Crippen MR) is 83.4 cm³/mol. The number of amides is 1. The zero-order valence-electron chi connectivity index (χ0n) is 13.5. The molecule has 0 bridgehead atoms. The summed E-state index contributed by atoms with van der Waals surface area (Å²) in [6.07, 6.45) is 0. The lowest BCUT2D eigenvalue weighted by atomic mass is 10.2. The van der Waals surface area contributed by atoms with Crippen molar-refractivity contribution in [1.82, 2.24) is 19.7 Å². The van der Waals surface area contributed by atoms with Gasteiger partial charge in [0, 0.05) is 0 Å². The van der Waals surface area contributed by atoms with Crippen molar-refractivity contribution in [2.45, 2.75) is 33.0 Å². The van der Waals surface area contributed by atoms with Crippen LogP contribution in [0.4, 0.5) is 0 Å². The Bertz CT molecular complexity index is 786. The fraction of sp³-hybridized carbons (Fsp3) is 0.375. The first kappa shape index (κ1) is 16.0. The minimum Gasteiger partial charge on any atom is -0.484 e. The van der Waals surface area contributed by atoms with Gasteiger partial charge in [-0.25, -0.2) is 4.79 Å². The smallest absolute Gasteiger partial charge is 0.328 e. The van der Waals surface area contributed by atoms with Gasteiger partial charge in [-0.1, -0.05) is 12.1 Å². The van der Waals surface area contributed by atoms with Gasteiger partial charge < -0.3 is 19.3 Å². The summed E-state index contributed by atoms with van der Waals surface area (Å²) in [6, 6.07) is 6.38. The molecule has 1 N–H and O–H groups in total. The van der Waals surface area contributed by atoms with Crippen molar-refractivity contribution in [2.24, 2.45) is 0 Å². The van der Waals surface area contributed by atoms with E-state index in [-0.39, 0.29) is 19.7 Å². The Labute approximate surface area is 138 Å². The molecule has 0 aliphatic carbocycles. The third-order valence-corrected chi connectivity index (χ3v) is 4.01. The molecule has 0 fully saturated rings. The normalized spacial score (nSPS) is 16.6. The average molecular weight is 330 g/mol. The van der Waals surface area contributed by atoms with Crippen LogP contribution in [0.25, 0.3) is 0 Å². The van der Waals surface area contributed by atoms with Crippen LogP contribution in [0.2, 0.25) is 0 Å². The molecule has 1 aromatic carbocycles. The van der Waals surface area contributed by atoms with Crippen LogP contribution in [0.15, 0.2) is 24.3 Å². The number of carbonyl (C=O) groups is 2. The second-order valence-electron chi connectivity index (χ2n) is 5.75. The number of rotatable bonds is 4. The lowest BCUT2D eigenvalue weighted by Gasteiger charge is -2.33. The molecule has 2 heterocycles. The highest BCUT2D eigenvalue weighted by Crippen LogP contribution is 2.19. The molecule has 0 spiro atoms. The number of carbonyl (C=O) groups excluding carboxylic acids is 1. The molecule has 1 aromatic heterocycles. The highest BCUT2D eigenvalue weighted by Gasteiger charge is 2.36. The van der Waals surface area contributed by atoms with Gasteiger partial charge in [0.25, 0.3) is 5.91 Å². The molecule has 1 atom stereocenters. The molecule has 8 nitrogen and oxygen atoms in total. The topological polar surface area (TPSA) is 97.5 Å². The van der Waals surface area contributed by atoms with Crippen LogP contribution in [0.3, 0.4) is 0 Å². The second kappa shape index (κ2) is 6.31. The van der Waals surface area contributed by atoms with Crippen LogP contribution in [-0.2, 0) is 22.7 Å². The van der Waals surface area contributed by atoms with Crippen molar-refractivity contribution in [3.05, 3.63) is 41.5 Å². The summed E-state index contributed by atoms with van der Waals surface area (Å²) in [4.78, 5) is 25.3. The van der Waals surface area contributed by atoms with Crippen molar-refractivity contribution < 1.29 is 19.4 Å². The number of hydrogen-bond acceptors (Lipinski definition) is 5. The van der Waals surface area contributed by atoms with Crippen LogP contribution in [-0.4, -0.2) is 49.3 Å². The maximum absolute atomic E-state index is 12.5. The molecule has 1 aliphatic heterocycles. The lowest BCUT2D eigenvalue weighted by molar-refractivity contribution is -0.153. The van der Waals surface area contributed by atoms with Gasteiger partial charge in [-0.2, -0.15) is 0 Å². The molecule has 3 rings (SSSR count). The molecule has 0 radical (unpaired) electrons. The zero-order valence-corrected chi connectivity index (χ0v) is 13.5. The van der Waals surface area contributed by atoms with E-state index in [2.05, 4.69) is 10.2 Å². The Morgan fingerprint density at radius 1 is 1.33 bits per heavy atom. The Morgan fingerprint density at radius 2 is 2.12 bits per heavy atom. The van der Waals surface area contributed by atoms with Crippen molar-refractivity contribution in [2.75, 3.05) is 6.61 Å². The summed E-state index contributed by atoms with van der Waals surface area (Å²) in [6.45, 7) is 3.70. The molecule has 0 saturated heterocycles. The van der Waals surface area contributed by atoms with E-state index in [9.17, 15) is 14.7 Å². The van der Waals surface area contributed by atoms with E-state index in [1.165, 1.54) is 4.90 Å². The SMILES string of the molecule is Cc1cccc(OCC(=O)N2Cc3nnc(C)n3CC2C(=O)O)c1. The van der Waals surface area contributed by atoms with Gasteiger partial charge in [-0.05, 0) is 31.5 Å². The molecule has 24 heavy (non-hydrogen) atoms. The minimum absolute atomic E-state index is 0.105. The maximum atomic E-state index is 12.5. The van der Waals surface area contributed by atoms with Crippen molar-refractivity contribution in [3.8, 4) is 5.75 Å². The van der Waals surface area contributed by atoms with Crippen molar-refractivity contribution in [1.29, 1.82) is 0 Å². The Kier molecular flexibility index (Phi) is 4.20. The van der Waals surface area contributed by atoms with Crippen molar-refractivity contribution >= 4 is 11.9 Å². The van der Waals surface area contributed by atoms with Crippen LogP contribution in [0.5, 0.6) is 5.75 Å². The second-order valence-corrected chi connectivity index (χ2v) is 5.75. The number of hydrogen-bond donors (Lipinski definition) is 1. The molecule has 1 unspecified atom stereocenters. The van der Waals surface area contributed by atoms with E-state index in [4.69, 9.17) is 4.74 Å². The zero-order chi connectivity index (χ0) is 17.3. The first-order valence-corrected chi connectivity index (χ1v) is 7.56. The monoisotopic (exact) mass is 330 g/mol. The summed E-state index contributed by atoms with van der Waals surface area (Å²) in [5.74, 6) is 0.341. The van der Waals surface area contributed by atoms with Gasteiger partial charge in [-0.3, -0.25) is 4.79 Å². The van der Waals surface area contributed by atoms with Gasteiger partial charge >= 0.3 is 5.97 Å². The van der Waals surface area contributed by atoms with Crippen LogP contribution in [0, 0.1) is 13.8 Å². The third kappa shape index (κ3) is 3.08. The van der Waals surface area contributed by atoms with Crippen LogP contribution >= 0.6 is 0 Å². The molecule has 126 valence electrons. The highest BCUT2D eigenvalue weighted by molar-refractivity contribution is 5.84. The minimum atomic E-state index is -1.06. The number of aryl methyl sites for hydroxylation is 2. The van der Waals surface area contributed by atoms with Gasteiger partial charge in [0.2, 0.25) is 0 Å².